The summed E-state index contributed by atoms with van der Waals surface area (Å²) in [6.45, 7) is 2.12. The smallest absolute Gasteiger partial charge is 0.106 e. The Kier molecular flexibility index (Phi) is 3.20. The molecule has 0 fully saturated rings. The van der Waals surface area contributed by atoms with Gasteiger partial charge in [-0.15, -0.1) is 0 Å². The standard InChI is InChI=1S/C10H12N2O/c1-2-3-9-6-8(7-12-13)4-5-10(9)11/h2-6H,7,11H2,1H3/b3-2+. The van der Waals surface area contributed by atoms with E-state index in [1.165, 1.54) is 0 Å². The minimum atomic E-state index is 0.199. The van der Waals surface area contributed by atoms with Crippen molar-refractivity contribution in [3.8, 4) is 0 Å². The largest absolute Gasteiger partial charge is 0.398 e. The van der Waals surface area contributed by atoms with Gasteiger partial charge in [-0.1, -0.05) is 23.4 Å². The SMILES string of the molecule is C/C=C/c1cc(CN=O)ccc1N. The molecule has 0 aliphatic carbocycles. The Labute approximate surface area is 77.2 Å². The highest BCUT2D eigenvalue weighted by atomic mass is 16.3. The maximum absolute atomic E-state index is 10.0. The second-order valence-electron chi connectivity index (χ2n) is 2.75. The fourth-order valence-electron chi connectivity index (χ4n) is 1.12. The second-order valence-corrected chi connectivity index (χ2v) is 2.75. The van der Waals surface area contributed by atoms with Crippen molar-refractivity contribution in [3.05, 3.63) is 40.3 Å². The van der Waals surface area contributed by atoms with E-state index < -0.39 is 0 Å². The summed E-state index contributed by atoms with van der Waals surface area (Å²) in [4.78, 5) is 10.0. The number of rotatable bonds is 3. The molecular formula is C10H12N2O. The van der Waals surface area contributed by atoms with Gasteiger partial charge in [0, 0.05) is 5.69 Å². The molecule has 0 atom stereocenters. The Morgan fingerprint density at radius 1 is 1.54 bits per heavy atom. The van der Waals surface area contributed by atoms with Crippen molar-refractivity contribution in [1.82, 2.24) is 0 Å². The van der Waals surface area contributed by atoms with Crippen LogP contribution in [0, 0.1) is 4.91 Å². The van der Waals surface area contributed by atoms with E-state index in [2.05, 4.69) is 5.18 Å². The predicted octanol–water partition coefficient (Wildman–Crippen LogP) is 2.57. The molecule has 0 aliphatic heterocycles. The molecule has 0 saturated heterocycles. The van der Waals surface area contributed by atoms with E-state index >= 15 is 0 Å². The summed E-state index contributed by atoms with van der Waals surface area (Å²) in [5.74, 6) is 0. The molecule has 1 aromatic rings. The highest BCUT2D eigenvalue weighted by Crippen LogP contribution is 2.16. The lowest BCUT2D eigenvalue weighted by atomic mass is 10.1. The van der Waals surface area contributed by atoms with Crippen LogP contribution in [-0.4, -0.2) is 0 Å². The molecule has 68 valence electrons. The zero-order chi connectivity index (χ0) is 9.68. The number of nitrogens with two attached hydrogens (primary N) is 1. The summed E-state index contributed by atoms with van der Waals surface area (Å²) in [6.07, 6.45) is 3.81. The number of nitroso groups, excluding NO2 is 1. The minimum Gasteiger partial charge on any atom is -0.398 e. The second kappa shape index (κ2) is 4.40. The zero-order valence-corrected chi connectivity index (χ0v) is 7.53. The predicted molar refractivity (Wildman–Crippen MR) is 55.1 cm³/mol. The van der Waals surface area contributed by atoms with Crippen molar-refractivity contribution in [2.75, 3.05) is 5.73 Å². The molecule has 13 heavy (non-hydrogen) atoms. The maximum Gasteiger partial charge on any atom is 0.106 e. The fraction of sp³-hybridized carbons (Fsp3) is 0.200. The van der Waals surface area contributed by atoms with E-state index in [0.29, 0.717) is 5.69 Å². The summed E-state index contributed by atoms with van der Waals surface area (Å²) in [5.41, 5.74) is 8.25. The first-order valence-corrected chi connectivity index (χ1v) is 4.08. The zero-order valence-electron chi connectivity index (χ0n) is 7.53. The summed E-state index contributed by atoms with van der Waals surface area (Å²) < 4.78 is 0. The van der Waals surface area contributed by atoms with Crippen molar-refractivity contribution >= 4 is 11.8 Å². The van der Waals surface area contributed by atoms with Crippen LogP contribution in [0.5, 0.6) is 0 Å². The highest BCUT2D eigenvalue weighted by molar-refractivity contribution is 5.65. The van der Waals surface area contributed by atoms with Gasteiger partial charge in [-0.25, -0.2) is 0 Å². The van der Waals surface area contributed by atoms with Crippen LogP contribution in [0.15, 0.2) is 29.5 Å². The number of nitrogens with zero attached hydrogens (tertiary/aromatic N) is 1. The van der Waals surface area contributed by atoms with Gasteiger partial charge in [0.15, 0.2) is 0 Å². The molecule has 0 heterocycles. The lowest BCUT2D eigenvalue weighted by Gasteiger charge is -2.01. The number of hydrogen-bond donors (Lipinski definition) is 1. The first-order chi connectivity index (χ1) is 6.27. The van der Waals surface area contributed by atoms with Gasteiger partial charge in [0.1, 0.15) is 6.54 Å². The number of anilines is 1. The number of benzene rings is 1. The van der Waals surface area contributed by atoms with Gasteiger partial charge in [-0.2, -0.15) is 4.91 Å². The van der Waals surface area contributed by atoms with Crippen LogP contribution in [-0.2, 0) is 6.54 Å². The summed E-state index contributed by atoms with van der Waals surface area (Å²) >= 11 is 0. The Morgan fingerprint density at radius 2 is 2.31 bits per heavy atom. The van der Waals surface area contributed by atoms with Crippen LogP contribution in [0.1, 0.15) is 18.1 Å². The van der Waals surface area contributed by atoms with E-state index in [9.17, 15) is 4.91 Å². The van der Waals surface area contributed by atoms with Crippen molar-refractivity contribution in [3.63, 3.8) is 0 Å². The van der Waals surface area contributed by atoms with Gasteiger partial charge in [0.25, 0.3) is 0 Å². The Bertz CT molecular complexity index is 332. The molecule has 3 nitrogen and oxygen atoms in total. The molecule has 0 radical (unpaired) electrons. The summed E-state index contributed by atoms with van der Waals surface area (Å²) in [6, 6.07) is 5.47. The molecule has 2 N–H and O–H groups in total. The summed E-state index contributed by atoms with van der Waals surface area (Å²) in [5, 5.41) is 2.82. The van der Waals surface area contributed by atoms with Crippen LogP contribution >= 0.6 is 0 Å². The molecule has 0 aliphatic rings. The third-order valence-electron chi connectivity index (χ3n) is 1.74. The van der Waals surface area contributed by atoms with Crippen LogP contribution in [0.2, 0.25) is 0 Å². The van der Waals surface area contributed by atoms with Gasteiger partial charge in [-0.05, 0) is 30.2 Å². The topological polar surface area (TPSA) is 55.5 Å². The first-order valence-electron chi connectivity index (χ1n) is 4.08. The van der Waals surface area contributed by atoms with Crippen molar-refractivity contribution in [1.29, 1.82) is 0 Å². The van der Waals surface area contributed by atoms with Gasteiger partial charge >= 0.3 is 0 Å². The summed E-state index contributed by atoms with van der Waals surface area (Å²) in [7, 11) is 0. The maximum atomic E-state index is 10.0. The van der Waals surface area contributed by atoms with Crippen molar-refractivity contribution in [2.24, 2.45) is 5.18 Å². The molecule has 0 bridgehead atoms. The van der Waals surface area contributed by atoms with Crippen molar-refractivity contribution < 1.29 is 0 Å². The molecule has 3 heteroatoms. The van der Waals surface area contributed by atoms with Crippen molar-refractivity contribution in [2.45, 2.75) is 13.5 Å². The Hall–Kier alpha value is -1.64. The Morgan fingerprint density at radius 3 is 2.92 bits per heavy atom. The van der Waals surface area contributed by atoms with Gasteiger partial charge in [0.05, 0.1) is 0 Å². The number of allylic oxidation sites excluding steroid dienone is 1. The van der Waals surface area contributed by atoms with E-state index in [0.717, 1.165) is 11.1 Å². The fourth-order valence-corrected chi connectivity index (χ4v) is 1.12. The average Bonchev–Trinajstić information content (AvgIpc) is 2.12. The molecule has 0 amide bonds. The molecule has 1 aromatic carbocycles. The third kappa shape index (κ3) is 2.40. The molecular weight excluding hydrogens is 164 g/mol. The van der Waals surface area contributed by atoms with Gasteiger partial charge < -0.3 is 5.73 Å². The number of hydrogen-bond acceptors (Lipinski definition) is 3. The lowest BCUT2D eigenvalue weighted by Crippen LogP contribution is -1.91. The van der Waals surface area contributed by atoms with Crippen LogP contribution in [0.3, 0.4) is 0 Å². The molecule has 0 spiro atoms. The molecule has 1 rings (SSSR count). The van der Waals surface area contributed by atoms with Crippen LogP contribution in [0.25, 0.3) is 6.08 Å². The molecule has 0 saturated carbocycles. The quantitative estimate of drug-likeness (QED) is 0.568. The van der Waals surface area contributed by atoms with Crippen LogP contribution < -0.4 is 5.73 Å². The van der Waals surface area contributed by atoms with Gasteiger partial charge in [0.2, 0.25) is 0 Å². The normalized spacial score (nSPS) is 10.5. The van der Waals surface area contributed by atoms with E-state index in [-0.39, 0.29) is 6.54 Å². The monoisotopic (exact) mass is 176 g/mol. The number of nitrogen functional groups attached to an aromatic ring is 1. The lowest BCUT2D eigenvalue weighted by molar-refractivity contribution is 1.05. The van der Waals surface area contributed by atoms with Gasteiger partial charge in [-0.3, -0.25) is 0 Å². The van der Waals surface area contributed by atoms with E-state index in [1.54, 1.807) is 6.07 Å². The minimum absolute atomic E-state index is 0.199. The Balaban J connectivity index is 3.03. The third-order valence-corrected chi connectivity index (χ3v) is 1.74. The average molecular weight is 176 g/mol. The molecule has 0 unspecified atom stereocenters. The van der Waals surface area contributed by atoms with Crippen LogP contribution in [0.4, 0.5) is 5.69 Å². The van der Waals surface area contributed by atoms with E-state index in [4.69, 9.17) is 5.73 Å². The molecule has 0 aromatic heterocycles. The highest BCUT2D eigenvalue weighted by Gasteiger charge is 1.97. The van der Waals surface area contributed by atoms with E-state index in [1.807, 2.05) is 31.2 Å². The first kappa shape index (κ1) is 9.45.